The minimum atomic E-state index is -3.56. The van der Waals surface area contributed by atoms with Gasteiger partial charge in [-0.2, -0.15) is 0 Å². The van der Waals surface area contributed by atoms with Crippen molar-refractivity contribution >= 4 is 10.0 Å². The van der Waals surface area contributed by atoms with Gasteiger partial charge in [-0.25, -0.2) is 8.42 Å². The number of sulfonamides is 1. The van der Waals surface area contributed by atoms with E-state index < -0.39 is 15.3 Å². The summed E-state index contributed by atoms with van der Waals surface area (Å²) in [6.07, 6.45) is 0.671. The van der Waals surface area contributed by atoms with Crippen molar-refractivity contribution in [1.29, 1.82) is 0 Å². The van der Waals surface area contributed by atoms with Crippen LogP contribution in [0.15, 0.2) is 4.52 Å². The van der Waals surface area contributed by atoms with Gasteiger partial charge in [0.05, 0.1) is 18.0 Å². The Hall–Kier alpha value is -0.780. The van der Waals surface area contributed by atoms with Gasteiger partial charge >= 0.3 is 0 Å². The molecule has 0 amide bonds. The number of nitrogens with zero attached hydrogens (tertiary/aromatic N) is 3. The molecule has 3 unspecified atom stereocenters. The van der Waals surface area contributed by atoms with Crippen molar-refractivity contribution in [3.8, 4) is 0 Å². The van der Waals surface area contributed by atoms with Gasteiger partial charge in [-0.05, 0) is 12.0 Å². The zero-order valence-corrected chi connectivity index (χ0v) is 6.94. The van der Waals surface area contributed by atoms with Gasteiger partial charge in [-0.15, -0.1) is 0 Å². The second-order valence-corrected chi connectivity index (χ2v) is 4.79. The molecule has 1 saturated carbocycles. The molecule has 2 rings (SSSR count). The summed E-state index contributed by atoms with van der Waals surface area (Å²) in [5.41, 5.74) is 7.97. The van der Waals surface area contributed by atoms with Crippen LogP contribution in [-0.4, -0.2) is 26.4 Å². The Morgan fingerprint density at radius 2 is 2.25 bits per heavy atom. The average molecular weight is 189 g/mol. The highest BCUT2D eigenvalue weighted by Gasteiger charge is 2.55. The molecule has 1 aliphatic heterocycles. The van der Waals surface area contributed by atoms with Crippen LogP contribution in [0.1, 0.15) is 6.42 Å². The van der Waals surface area contributed by atoms with Gasteiger partial charge in [0, 0.05) is 15.3 Å². The molecule has 0 aromatic heterocycles. The second kappa shape index (κ2) is 2.35. The number of epoxide rings is 1. The summed E-state index contributed by atoms with van der Waals surface area (Å²) in [7, 11) is -3.56. The highest BCUT2D eigenvalue weighted by Crippen LogP contribution is 2.45. The van der Waals surface area contributed by atoms with Gasteiger partial charge in [0.2, 0.25) is 10.0 Å². The fourth-order valence-corrected chi connectivity index (χ4v) is 2.64. The molecule has 66 valence electrons. The van der Waals surface area contributed by atoms with Gasteiger partial charge < -0.3 is 4.74 Å². The van der Waals surface area contributed by atoms with Gasteiger partial charge in [-0.1, -0.05) is 0 Å². The molecule has 0 N–H and O–H groups in total. The summed E-state index contributed by atoms with van der Waals surface area (Å²) in [6, 6.07) is 0. The largest absolute Gasteiger partial charge is 0.373 e. The van der Waals surface area contributed by atoms with Crippen LogP contribution in [0.2, 0.25) is 0 Å². The third-order valence-corrected chi connectivity index (χ3v) is 3.76. The molecule has 12 heavy (non-hydrogen) atoms. The van der Waals surface area contributed by atoms with Crippen LogP contribution in [0.4, 0.5) is 0 Å². The monoisotopic (exact) mass is 189 g/mol. The molecule has 1 aliphatic carbocycles. The van der Waals surface area contributed by atoms with Crippen molar-refractivity contribution in [2.45, 2.75) is 17.8 Å². The van der Waals surface area contributed by atoms with Gasteiger partial charge in [0.25, 0.3) is 0 Å². The lowest BCUT2D eigenvalue weighted by molar-refractivity contribution is 0.387. The van der Waals surface area contributed by atoms with E-state index in [0.29, 0.717) is 13.0 Å². The van der Waals surface area contributed by atoms with Crippen molar-refractivity contribution in [3.63, 3.8) is 0 Å². The molecule has 2 aliphatic rings. The molecule has 0 aromatic rings. The lowest BCUT2D eigenvalue weighted by Gasteiger charge is -1.90. The van der Waals surface area contributed by atoms with Crippen molar-refractivity contribution in [2.24, 2.45) is 10.4 Å². The Labute approximate surface area is 69.2 Å². The van der Waals surface area contributed by atoms with Crippen LogP contribution in [0.25, 0.3) is 10.4 Å². The molecule has 6 nitrogen and oxygen atoms in total. The van der Waals surface area contributed by atoms with E-state index >= 15 is 0 Å². The summed E-state index contributed by atoms with van der Waals surface area (Å²) in [5.74, 6) is 0.0699. The Kier molecular flexibility index (Phi) is 1.54. The molecule has 0 aromatic carbocycles. The average Bonchev–Trinajstić information content (AvgIpc) is 2.82. The van der Waals surface area contributed by atoms with Crippen molar-refractivity contribution in [1.82, 2.24) is 0 Å². The highest BCUT2D eigenvalue weighted by atomic mass is 32.2. The summed E-state index contributed by atoms with van der Waals surface area (Å²) in [4.78, 5) is 2.28. The topological polar surface area (TPSA) is 95.4 Å². The van der Waals surface area contributed by atoms with Gasteiger partial charge in [0.15, 0.2) is 0 Å². The quantitative estimate of drug-likeness (QED) is 0.278. The Morgan fingerprint density at radius 1 is 1.58 bits per heavy atom. The van der Waals surface area contributed by atoms with Crippen molar-refractivity contribution < 1.29 is 13.2 Å². The SMILES string of the molecule is [N-]=[N+]=NS(=O)(=O)C1CC1C1CO1. The predicted octanol–water partition coefficient (Wildman–Crippen LogP) is 0.414. The van der Waals surface area contributed by atoms with Crippen LogP contribution in [-0.2, 0) is 14.8 Å². The van der Waals surface area contributed by atoms with E-state index in [1.165, 1.54) is 0 Å². The Morgan fingerprint density at radius 3 is 2.75 bits per heavy atom. The smallest absolute Gasteiger partial charge is 0.238 e. The standard InChI is InChI=1S/C5H7N3O3S/c6-7-8-12(9,10)5-1-3(5)4-2-11-4/h3-5H,1-2H2. The minimum Gasteiger partial charge on any atom is -0.373 e. The number of rotatable bonds is 3. The zero-order valence-electron chi connectivity index (χ0n) is 6.12. The lowest BCUT2D eigenvalue weighted by atomic mass is 10.3. The molecule has 1 saturated heterocycles. The molecule has 2 fully saturated rings. The Bertz CT molecular complexity index is 341. The maximum Gasteiger partial charge on any atom is 0.238 e. The normalized spacial score (nSPS) is 38.5. The Balaban J connectivity index is 2.07. The number of ether oxygens (including phenoxy) is 1. The third-order valence-electron chi connectivity index (χ3n) is 2.15. The molecular formula is C5H7N3O3S. The molecule has 3 atom stereocenters. The maximum atomic E-state index is 11.1. The fraction of sp³-hybridized carbons (Fsp3) is 1.00. The first-order chi connectivity index (χ1) is 5.65. The third kappa shape index (κ3) is 1.26. The van der Waals surface area contributed by atoms with Gasteiger partial charge in [-0.3, -0.25) is 0 Å². The fourth-order valence-electron chi connectivity index (χ4n) is 1.34. The van der Waals surface area contributed by atoms with Crippen molar-refractivity contribution in [3.05, 3.63) is 10.4 Å². The first kappa shape index (κ1) is 7.85. The molecule has 7 heteroatoms. The van der Waals surface area contributed by atoms with E-state index in [9.17, 15) is 8.42 Å². The highest BCUT2D eigenvalue weighted by molar-refractivity contribution is 7.90. The number of azide groups is 1. The van der Waals surface area contributed by atoms with Crippen LogP contribution >= 0.6 is 0 Å². The van der Waals surface area contributed by atoms with E-state index in [2.05, 4.69) is 9.43 Å². The molecule has 0 spiro atoms. The van der Waals surface area contributed by atoms with E-state index in [1.54, 1.807) is 0 Å². The molecule has 1 heterocycles. The van der Waals surface area contributed by atoms with E-state index in [0.717, 1.165) is 0 Å². The summed E-state index contributed by atoms with van der Waals surface area (Å²) >= 11 is 0. The van der Waals surface area contributed by atoms with E-state index in [-0.39, 0.29) is 12.0 Å². The number of hydrogen-bond donors (Lipinski definition) is 0. The van der Waals surface area contributed by atoms with Crippen LogP contribution in [0.3, 0.4) is 0 Å². The van der Waals surface area contributed by atoms with E-state index in [1.807, 2.05) is 0 Å². The van der Waals surface area contributed by atoms with E-state index in [4.69, 9.17) is 10.3 Å². The summed E-state index contributed by atoms with van der Waals surface area (Å²) in [6.45, 7) is 0.646. The lowest BCUT2D eigenvalue weighted by Crippen LogP contribution is -2.06. The molecule has 0 radical (unpaired) electrons. The first-order valence-corrected chi connectivity index (χ1v) is 5.07. The molecular weight excluding hydrogens is 182 g/mol. The maximum absolute atomic E-state index is 11.1. The molecule has 0 bridgehead atoms. The number of hydrogen-bond acceptors (Lipinski definition) is 3. The second-order valence-electron chi connectivity index (χ2n) is 3.00. The minimum absolute atomic E-state index is 0.0699. The van der Waals surface area contributed by atoms with Crippen LogP contribution < -0.4 is 0 Å². The summed E-state index contributed by atoms with van der Waals surface area (Å²) < 4.78 is 29.8. The summed E-state index contributed by atoms with van der Waals surface area (Å²) in [5, 5.41) is -0.485. The van der Waals surface area contributed by atoms with Gasteiger partial charge in [0.1, 0.15) is 0 Å². The zero-order chi connectivity index (χ0) is 8.77. The first-order valence-electron chi connectivity index (χ1n) is 3.57. The predicted molar refractivity (Wildman–Crippen MR) is 39.7 cm³/mol. The van der Waals surface area contributed by atoms with Crippen molar-refractivity contribution in [2.75, 3.05) is 6.61 Å². The van der Waals surface area contributed by atoms with Crippen LogP contribution in [0, 0.1) is 5.92 Å². The van der Waals surface area contributed by atoms with Crippen LogP contribution in [0.5, 0.6) is 0 Å².